The molecule has 1 aliphatic carbocycles. The highest BCUT2D eigenvalue weighted by molar-refractivity contribution is 7.99. The lowest BCUT2D eigenvalue weighted by Gasteiger charge is -2.19. The summed E-state index contributed by atoms with van der Waals surface area (Å²) in [6, 6.07) is 6.90. The van der Waals surface area contributed by atoms with Crippen molar-refractivity contribution < 1.29 is 0 Å². The molecular weight excluding hydrogens is 288 g/mol. The minimum absolute atomic E-state index is 0.0462. The topological polar surface area (TPSA) is 17.8 Å². The average molecular weight is 309 g/mol. The number of para-hydroxylation sites is 1. The number of benzene rings is 1. The monoisotopic (exact) mass is 308 g/mol. The van der Waals surface area contributed by atoms with E-state index in [1.54, 1.807) is 0 Å². The molecule has 1 aliphatic rings. The maximum absolute atomic E-state index is 6.39. The molecule has 2 nitrogen and oxygen atoms in total. The number of hydrogen-bond acceptors (Lipinski definition) is 2. The van der Waals surface area contributed by atoms with Gasteiger partial charge >= 0.3 is 0 Å². The fraction of sp³-hybridized carbons (Fsp3) is 0.562. The Morgan fingerprint density at radius 1 is 1.40 bits per heavy atom. The van der Waals surface area contributed by atoms with Crippen molar-refractivity contribution >= 4 is 34.4 Å². The zero-order valence-corrected chi connectivity index (χ0v) is 13.8. The molecule has 3 unspecified atom stereocenters. The van der Waals surface area contributed by atoms with Gasteiger partial charge in [-0.1, -0.05) is 12.1 Å². The molecular formula is C16H21ClN2S. The van der Waals surface area contributed by atoms with Gasteiger partial charge in [0.1, 0.15) is 5.82 Å². The lowest BCUT2D eigenvalue weighted by atomic mass is 10.1. The molecule has 0 amide bonds. The Labute approximate surface area is 129 Å². The molecule has 0 N–H and O–H groups in total. The van der Waals surface area contributed by atoms with Gasteiger partial charge in [-0.2, -0.15) is 11.8 Å². The highest BCUT2D eigenvalue weighted by Crippen LogP contribution is 2.40. The number of thioether (sulfide) groups is 1. The number of hydrogen-bond donors (Lipinski definition) is 0. The van der Waals surface area contributed by atoms with E-state index in [1.165, 1.54) is 30.3 Å². The molecule has 0 saturated heterocycles. The summed E-state index contributed by atoms with van der Waals surface area (Å²) in [5, 5.41) is 0.732. The van der Waals surface area contributed by atoms with Crippen molar-refractivity contribution in [2.45, 2.75) is 49.8 Å². The van der Waals surface area contributed by atoms with Gasteiger partial charge in [-0.3, -0.25) is 0 Å². The molecule has 3 rings (SSSR count). The number of halogens is 1. The number of alkyl halides is 1. The first kappa shape index (κ1) is 14.3. The third-order valence-electron chi connectivity index (χ3n) is 4.35. The summed E-state index contributed by atoms with van der Waals surface area (Å²) in [6.45, 7) is 4.19. The van der Waals surface area contributed by atoms with E-state index >= 15 is 0 Å². The number of aryl methyl sites for hydroxylation is 1. The van der Waals surface area contributed by atoms with Crippen LogP contribution in [0.1, 0.15) is 49.0 Å². The molecule has 4 heteroatoms. The maximum atomic E-state index is 6.39. The molecule has 1 heterocycles. The van der Waals surface area contributed by atoms with Crippen LogP contribution in [0, 0.1) is 6.92 Å². The van der Waals surface area contributed by atoms with E-state index in [0.717, 1.165) is 16.6 Å². The highest BCUT2D eigenvalue weighted by Gasteiger charge is 2.29. The van der Waals surface area contributed by atoms with E-state index in [1.807, 2.05) is 18.7 Å². The van der Waals surface area contributed by atoms with Crippen LogP contribution in [0.15, 0.2) is 18.2 Å². The molecule has 2 aromatic rings. The van der Waals surface area contributed by atoms with Crippen molar-refractivity contribution in [3.05, 3.63) is 29.6 Å². The van der Waals surface area contributed by atoms with Gasteiger partial charge in [-0.25, -0.2) is 4.98 Å². The fourth-order valence-corrected chi connectivity index (χ4v) is 4.30. The average Bonchev–Trinajstić information content (AvgIpc) is 3.02. The Morgan fingerprint density at radius 3 is 2.85 bits per heavy atom. The minimum atomic E-state index is -0.0462. The minimum Gasteiger partial charge on any atom is -0.323 e. The van der Waals surface area contributed by atoms with Crippen molar-refractivity contribution in [3.63, 3.8) is 0 Å². The second kappa shape index (κ2) is 5.61. The third kappa shape index (κ3) is 2.35. The first-order valence-corrected chi connectivity index (χ1v) is 8.98. The summed E-state index contributed by atoms with van der Waals surface area (Å²) in [5.41, 5.74) is 3.66. The first-order valence-electron chi connectivity index (χ1n) is 7.26. The van der Waals surface area contributed by atoms with Crippen LogP contribution in [0.4, 0.5) is 0 Å². The number of aromatic nitrogens is 2. The summed E-state index contributed by atoms with van der Waals surface area (Å²) in [5.74, 6) is 1.03. The van der Waals surface area contributed by atoms with Gasteiger partial charge < -0.3 is 4.57 Å². The van der Waals surface area contributed by atoms with E-state index in [2.05, 4.69) is 35.9 Å². The summed E-state index contributed by atoms with van der Waals surface area (Å²) in [7, 11) is 0. The van der Waals surface area contributed by atoms with Gasteiger partial charge in [0, 0.05) is 11.3 Å². The van der Waals surface area contributed by atoms with Gasteiger partial charge in [0.2, 0.25) is 0 Å². The van der Waals surface area contributed by atoms with Crippen molar-refractivity contribution in [2.24, 2.45) is 0 Å². The largest absolute Gasteiger partial charge is 0.323 e. The second-order valence-corrected chi connectivity index (χ2v) is 7.52. The van der Waals surface area contributed by atoms with Crippen molar-refractivity contribution in [2.75, 3.05) is 6.26 Å². The zero-order valence-electron chi connectivity index (χ0n) is 12.3. The molecule has 1 aromatic carbocycles. The lowest BCUT2D eigenvalue weighted by Crippen LogP contribution is -2.11. The van der Waals surface area contributed by atoms with Crippen LogP contribution in [0.5, 0.6) is 0 Å². The number of nitrogens with zero attached hydrogens (tertiary/aromatic N) is 2. The summed E-state index contributed by atoms with van der Waals surface area (Å²) < 4.78 is 2.43. The number of imidazole rings is 1. The number of fused-ring (bicyclic) bond motifs is 1. The predicted molar refractivity (Wildman–Crippen MR) is 88.9 cm³/mol. The van der Waals surface area contributed by atoms with E-state index in [9.17, 15) is 0 Å². The first-order chi connectivity index (χ1) is 9.61. The molecule has 1 saturated carbocycles. The van der Waals surface area contributed by atoms with Gasteiger partial charge in [0.05, 0.1) is 16.4 Å². The van der Waals surface area contributed by atoms with Gasteiger partial charge in [-0.15, -0.1) is 11.6 Å². The van der Waals surface area contributed by atoms with Gasteiger partial charge in [-0.05, 0) is 51.0 Å². The summed E-state index contributed by atoms with van der Waals surface area (Å²) in [4.78, 5) is 4.79. The second-order valence-electron chi connectivity index (χ2n) is 5.72. The molecule has 0 aliphatic heterocycles. The molecule has 3 atom stereocenters. The smallest absolute Gasteiger partial charge is 0.127 e. The van der Waals surface area contributed by atoms with Crippen LogP contribution >= 0.6 is 23.4 Å². The summed E-state index contributed by atoms with van der Waals surface area (Å²) >= 11 is 8.38. The normalized spacial score (nSPS) is 24.4. The highest BCUT2D eigenvalue weighted by atomic mass is 35.5. The Morgan fingerprint density at radius 2 is 2.20 bits per heavy atom. The quantitative estimate of drug-likeness (QED) is 0.734. The van der Waals surface area contributed by atoms with Crippen LogP contribution in [-0.4, -0.2) is 21.1 Å². The van der Waals surface area contributed by atoms with E-state index < -0.39 is 0 Å². The number of rotatable bonds is 3. The lowest BCUT2D eigenvalue weighted by molar-refractivity contribution is 0.511. The van der Waals surface area contributed by atoms with Crippen LogP contribution in [0.3, 0.4) is 0 Å². The van der Waals surface area contributed by atoms with Crippen LogP contribution in [0.25, 0.3) is 11.0 Å². The maximum Gasteiger partial charge on any atom is 0.127 e. The molecule has 108 valence electrons. The standard InChI is InChI=1S/C16H21ClN2S/c1-10-5-4-6-14-15(10)19(16(18-14)11(2)17)12-7-8-13(9-12)20-3/h4-6,11-13H,7-9H2,1-3H3. The Balaban J connectivity index is 2.14. The molecule has 1 aromatic heterocycles. The Kier molecular flexibility index (Phi) is 4.00. The van der Waals surface area contributed by atoms with Crippen molar-refractivity contribution in [3.8, 4) is 0 Å². The molecule has 0 bridgehead atoms. The van der Waals surface area contributed by atoms with Crippen molar-refractivity contribution in [1.29, 1.82) is 0 Å². The Hall–Kier alpha value is -0.670. The third-order valence-corrected chi connectivity index (χ3v) is 5.64. The van der Waals surface area contributed by atoms with E-state index in [-0.39, 0.29) is 5.38 Å². The van der Waals surface area contributed by atoms with Crippen LogP contribution in [0.2, 0.25) is 0 Å². The predicted octanol–water partition coefficient (Wildman–Crippen LogP) is 5.10. The Bertz CT molecular complexity index is 620. The molecule has 0 spiro atoms. The van der Waals surface area contributed by atoms with E-state index in [0.29, 0.717) is 6.04 Å². The molecule has 20 heavy (non-hydrogen) atoms. The van der Waals surface area contributed by atoms with Gasteiger partial charge in [0.15, 0.2) is 0 Å². The van der Waals surface area contributed by atoms with Crippen molar-refractivity contribution in [1.82, 2.24) is 9.55 Å². The zero-order chi connectivity index (χ0) is 14.3. The molecule has 0 radical (unpaired) electrons. The van der Waals surface area contributed by atoms with Crippen LogP contribution in [-0.2, 0) is 0 Å². The summed E-state index contributed by atoms with van der Waals surface area (Å²) in [6.07, 6.45) is 5.99. The van der Waals surface area contributed by atoms with E-state index in [4.69, 9.17) is 16.6 Å². The molecule has 1 fully saturated rings. The SMILES string of the molecule is CSC1CCC(n2c(C(C)Cl)nc3cccc(C)c32)C1. The van der Waals surface area contributed by atoms with Gasteiger partial charge in [0.25, 0.3) is 0 Å². The van der Waals surface area contributed by atoms with Crippen LogP contribution < -0.4 is 0 Å². The fourth-order valence-electron chi connectivity index (χ4n) is 3.36.